The number of likely N-dealkylation sites (tertiary alicyclic amines) is 1. The first-order valence-electron chi connectivity index (χ1n) is 7.13. The topological polar surface area (TPSA) is 40.5 Å². The molecule has 2 rings (SSSR count). The lowest BCUT2D eigenvalue weighted by atomic mass is 9.82. The maximum atomic E-state index is 12.0. The molecular weight excluding hydrogens is 214 g/mol. The predicted molar refractivity (Wildman–Crippen MR) is 67.9 cm³/mol. The van der Waals surface area contributed by atoms with E-state index < -0.39 is 0 Å². The Morgan fingerprint density at radius 3 is 2.88 bits per heavy atom. The van der Waals surface area contributed by atoms with E-state index in [2.05, 4.69) is 4.90 Å². The van der Waals surface area contributed by atoms with Crippen LogP contribution in [0.4, 0.5) is 0 Å². The van der Waals surface area contributed by atoms with Crippen LogP contribution in [0.25, 0.3) is 0 Å². The Hall–Kier alpha value is -0.410. The van der Waals surface area contributed by atoms with Gasteiger partial charge in [-0.2, -0.15) is 0 Å². The van der Waals surface area contributed by atoms with Crippen LogP contribution < -0.4 is 0 Å². The number of hydrogen-bond donors (Lipinski definition) is 1. The minimum atomic E-state index is -0.224. The zero-order chi connectivity index (χ0) is 12.3. The Morgan fingerprint density at radius 1 is 1.35 bits per heavy atom. The van der Waals surface area contributed by atoms with Gasteiger partial charge in [0.05, 0.1) is 6.10 Å². The van der Waals surface area contributed by atoms with Crippen molar-refractivity contribution in [1.29, 1.82) is 0 Å². The van der Waals surface area contributed by atoms with Crippen LogP contribution in [0, 0.1) is 5.92 Å². The maximum Gasteiger partial charge on any atom is 0.137 e. The molecule has 0 amide bonds. The number of nitrogens with zero attached hydrogens (tertiary/aromatic N) is 1. The summed E-state index contributed by atoms with van der Waals surface area (Å²) in [4.78, 5) is 14.4. The first-order valence-corrected chi connectivity index (χ1v) is 7.13. The molecule has 3 unspecified atom stereocenters. The lowest BCUT2D eigenvalue weighted by Gasteiger charge is -2.33. The van der Waals surface area contributed by atoms with Crippen molar-refractivity contribution in [3.05, 3.63) is 0 Å². The number of ketones is 1. The maximum absolute atomic E-state index is 12.0. The fourth-order valence-corrected chi connectivity index (χ4v) is 3.35. The Balaban J connectivity index is 1.91. The molecular formula is C14H25NO2. The van der Waals surface area contributed by atoms with Gasteiger partial charge in [-0.1, -0.05) is 6.42 Å². The van der Waals surface area contributed by atoms with Gasteiger partial charge >= 0.3 is 0 Å². The molecule has 1 aliphatic heterocycles. The molecule has 0 radical (unpaired) electrons. The van der Waals surface area contributed by atoms with Gasteiger partial charge in [-0.15, -0.1) is 0 Å². The van der Waals surface area contributed by atoms with Crippen molar-refractivity contribution in [3.8, 4) is 0 Å². The van der Waals surface area contributed by atoms with E-state index in [1.165, 1.54) is 19.3 Å². The van der Waals surface area contributed by atoms with Gasteiger partial charge in [-0.3, -0.25) is 9.69 Å². The van der Waals surface area contributed by atoms with Gasteiger partial charge < -0.3 is 5.11 Å². The second-order valence-electron chi connectivity index (χ2n) is 5.70. The van der Waals surface area contributed by atoms with Gasteiger partial charge in [0.2, 0.25) is 0 Å². The number of hydrogen-bond acceptors (Lipinski definition) is 3. The van der Waals surface area contributed by atoms with E-state index >= 15 is 0 Å². The molecule has 1 heterocycles. The van der Waals surface area contributed by atoms with E-state index in [4.69, 9.17) is 0 Å². The van der Waals surface area contributed by atoms with Gasteiger partial charge in [0, 0.05) is 24.9 Å². The molecule has 1 aliphatic carbocycles. The van der Waals surface area contributed by atoms with Gasteiger partial charge in [-0.25, -0.2) is 0 Å². The molecule has 0 bridgehead atoms. The SMILES string of the molecule is CC(O)CCN1CCCC1C1CCCCC1=O. The van der Waals surface area contributed by atoms with Crippen LogP contribution in [0.15, 0.2) is 0 Å². The first-order chi connectivity index (χ1) is 8.18. The molecule has 3 atom stereocenters. The third-order valence-electron chi connectivity index (χ3n) is 4.31. The Bertz CT molecular complexity index is 265. The van der Waals surface area contributed by atoms with Gasteiger partial charge in [0.15, 0.2) is 0 Å². The quantitative estimate of drug-likeness (QED) is 0.815. The second-order valence-corrected chi connectivity index (χ2v) is 5.70. The lowest BCUT2D eigenvalue weighted by Crippen LogP contribution is -2.41. The lowest BCUT2D eigenvalue weighted by molar-refractivity contribution is -0.126. The van der Waals surface area contributed by atoms with Crippen molar-refractivity contribution in [3.63, 3.8) is 0 Å². The summed E-state index contributed by atoms with van der Waals surface area (Å²) in [6.45, 7) is 3.91. The number of Topliss-reactive ketones (excluding diaryl/α,β-unsaturated/α-hetero) is 1. The van der Waals surface area contributed by atoms with E-state index in [-0.39, 0.29) is 6.10 Å². The number of rotatable bonds is 4. The molecule has 2 aliphatic rings. The highest BCUT2D eigenvalue weighted by atomic mass is 16.3. The van der Waals surface area contributed by atoms with E-state index in [1.54, 1.807) is 0 Å². The highest BCUT2D eigenvalue weighted by molar-refractivity contribution is 5.82. The number of aliphatic hydroxyl groups excluding tert-OH is 1. The van der Waals surface area contributed by atoms with Gasteiger partial charge in [-0.05, 0) is 45.6 Å². The van der Waals surface area contributed by atoms with Crippen LogP contribution in [-0.2, 0) is 4.79 Å². The van der Waals surface area contributed by atoms with E-state index in [0.29, 0.717) is 17.7 Å². The zero-order valence-electron chi connectivity index (χ0n) is 10.9. The Morgan fingerprint density at radius 2 is 2.18 bits per heavy atom. The van der Waals surface area contributed by atoms with Gasteiger partial charge in [0.25, 0.3) is 0 Å². The summed E-state index contributed by atoms with van der Waals surface area (Å²) in [6, 6.07) is 0.474. The minimum absolute atomic E-state index is 0.224. The summed E-state index contributed by atoms with van der Waals surface area (Å²) >= 11 is 0. The zero-order valence-corrected chi connectivity index (χ0v) is 10.9. The molecule has 2 fully saturated rings. The fraction of sp³-hybridized carbons (Fsp3) is 0.929. The molecule has 3 heteroatoms. The second kappa shape index (κ2) is 5.96. The van der Waals surface area contributed by atoms with Gasteiger partial charge in [0.1, 0.15) is 5.78 Å². The standard InChI is InChI=1S/C14H25NO2/c1-11(16)8-10-15-9-4-6-13(15)12-5-2-3-7-14(12)17/h11-13,16H,2-10H2,1H3. The van der Waals surface area contributed by atoms with E-state index in [0.717, 1.165) is 38.8 Å². The van der Waals surface area contributed by atoms with Crippen molar-refractivity contribution in [2.24, 2.45) is 5.92 Å². The molecule has 0 aromatic rings. The first kappa shape index (κ1) is 13.0. The Labute approximate surface area is 104 Å². The van der Waals surface area contributed by atoms with Crippen molar-refractivity contribution < 1.29 is 9.90 Å². The molecule has 0 spiro atoms. The molecule has 3 nitrogen and oxygen atoms in total. The molecule has 0 aromatic heterocycles. The van der Waals surface area contributed by atoms with Crippen molar-refractivity contribution in [1.82, 2.24) is 4.90 Å². The normalized spacial score (nSPS) is 32.9. The molecule has 1 saturated heterocycles. The fourth-order valence-electron chi connectivity index (χ4n) is 3.35. The van der Waals surface area contributed by atoms with Crippen LogP contribution in [-0.4, -0.2) is 41.0 Å². The average molecular weight is 239 g/mol. The summed E-state index contributed by atoms with van der Waals surface area (Å²) in [5, 5.41) is 9.37. The summed E-state index contributed by atoms with van der Waals surface area (Å²) in [5.41, 5.74) is 0. The van der Waals surface area contributed by atoms with Crippen LogP contribution in [0.5, 0.6) is 0 Å². The Kier molecular flexibility index (Phi) is 4.57. The van der Waals surface area contributed by atoms with Crippen molar-refractivity contribution >= 4 is 5.78 Å². The van der Waals surface area contributed by atoms with E-state index in [1.807, 2.05) is 6.92 Å². The van der Waals surface area contributed by atoms with Crippen LogP contribution in [0.1, 0.15) is 51.9 Å². The highest BCUT2D eigenvalue weighted by Gasteiger charge is 2.36. The monoisotopic (exact) mass is 239 g/mol. The van der Waals surface area contributed by atoms with Crippen LogP contribution in [0.2, 0.25) is 0 Å². The summed E-state index contributed by atoms with van der Waals surface area (Å²) in [6.07, 6.45) is 7.20. The highest BCUT2D eigenvalue weighted by Crippen LogP contribution is 2.32. The smallest absolute Gasteiger partial charge is 0.137 e. The summed E-state index contributed by atoms with van der Waals surface area (Å²) in [5.74, 6) is 0.783. The average Bonchev–Trinajstić information content (AvgIpc) is 2.75. The molecule has 1 saturated carbocycles. The van der Waals surface area contributed by atoms with Crippen LogP contribution >= 0.6 is 0 Å². The summed E-state index contributed by atoms with van der Waals surface area (Å²) < 4.78 is 0. The third-order valence-corrected chi connectivity index (χ3v) is 4.31. The molecule has 17 heavy (non-hydrogen) atoms. The molecule has 1 N–H and O–H groups in total. The van der Waals surface area contributed by atoms with E-state index in [9.17, 15) is 9.90 Å². The summed E-state index contributed by atoms with van der Waals surface area (Å²) in [7, 11) is 0. The van der Waals surface area contributed by atoms with Crippen molar-refractivity contribution in [2.45, 2.75) is 64.0 Å². The van der Waals surface area contributed by atoms with Crippen molar-refractivity contribution in [2.75, 3.05) is 13.1 Å². The number of carbonyl (C=O) groups is 1. The number of carbonyl (C=O) groups excluding carboxylic acids is 1. The predicted octanol–water partition coefficient (Wildman–Crippen LogP) is 1.98. The molecule has 0 aromatic carbocycles. The largest absolute Gasteiger partial charge is 0.393 e. The number of aliphatic hydroxyl groups is 1. The molecule has 98 valence electrons. The van der Waals surface area contributed by atoms with Crippen LogP contribution in [0.3, 0.4) is 0 Å². The minimum Gasteiger partial charge on any atom is -0.393 e. The third kappa shape index (κ3) is 3.29.